The van der Waals surface area contributed by atoms with E-state index in [1.54, 1.807) is 0 Å². The first-order valence-corrected chi connectivity index (χ1v) is 7.72. The van der Waals surface area contributed by atoms with E-state index in [0.29, 0.717) is 0 Å². The molecule has 1 aliphatic heterocycles. The van der Waals surface area contributed by atoms with Crippen LogP contribution in [0.2, 0.25) is 5.15 Å². The van der Waals surface area contributed by atoms with Crippen LogP contribution in [0.1, 0.15) is 16.8 Å². The number of anilines is 1. The Bertz CT molecular complexity index is 851. The number of primary amides is 1. The number of fused-ring (bicyclic) bond motifs is 1. The highest BCUT2D eigenvalue weighted by Gasteiger charge is 2.30. The number of piperidine rings is 1. The van der Waals surface area contributed by atoms with Crippen molar-refractivity contribution in [3.63, 3.8) is 0 Å². The van der Waals surface area contributed by atoms with Gasteiger partial charge in [0.05, 0.1) is 12.1 Å². The average molecular weight is 369 g/mol. The zero-order valence-corrected chi connectivity index (χ0v) is 13.6. The number of hydrogen-bond donors (Lipinski definition) is 3. The second-order valence-corrected chi connectivity index (χ2v) is 6.03. The Kier molecular flexibility index (Phi) is 4.53. The Morgan fingerprint density at radius 3 is 2.80 bits per heavy atom. The topological polar surface area (TPSA) is 134 Å². The fraction of sp³-hybridized carbons (Fsp3) is 0.357. The van der Waals surface area contributed by atoms with Gasteiger partial charge in [0.15, 0.2) is 5.82 Å². The van der Waals surface area contributed by atoms with Crippen LogP contribution in [0, 0.1) is 0 Å². The van der Waals surface area contributed by atoms with E-state index in [1.807, 2.05) is 0 Å². The van der Waals surface area contributed by atoms with Gasteiger partial charge in [-0.3, -0.25) is 4.79 Å². The Hall–Kier alpha value is -2.75. The number of amides is 2. The average Bonchev–Trinajstić information content (AvgIpc) is 2.54. The van der Waals surface area contributed by atoms with Crippen LogP contribution in [0.4, 0.5) is 15.0 Å². The van der Waals surface area contributed by atoms with Crippen molar-refractivity contribution in [3.05, 3.63) is 23.1 Å². The molecule has 2 atom stereocenters. The number of nitrogens with zero attached hydrogens (tertiary/aromatic N) is 4. The molecule has 3 rings (SSSR count). The number of halogens is 2. The molecule has 2 aromatic rings. The number of carbonyl (C=O) groups is 2. The summed E-state index contributed by atoms with van der Waals surface area (Å²) in [5, 5.41) is 12.1. The number of nitrogens with one attached hydrogen (secondary N) is 1. The lowest BCUT2D eigenvalue weighted by atomic mass is 10.0. The van der Waals surface area contributed by atoms with Crippen molar-refractivity contribution in [2.24, 2.45) is 5.73 Å². The van der Waals surface area contributed by atoms with Crippen LogP contribution in [0.5, 0.6) is 0 Å². The fourth-order valence-electron chi connectivity index (χ4n) is 2.79. The molecule has 11 heteroatoms. The largest absolute Gasteiger partial charge is 0.465 e. The molecule has 2 aromatic heterocycles. The van der Waals surface area contributed by atoms with Gasteiger partial charge in [0.25, 0.3) is 5.91 Å². The van der Waals surface area contributed by atoms with Crippen molar-refractivity contribution in [2.45, 2.75) is 18.6 Å². The summed E-state index contributed by atoms with van der Waals surface area (Å²) in [7, 11) is 0. The fourth-order valence-corrected chi connectivity index (χ4v) is 2.99. The normalized spacial score (nSPS) is 20.5. The molecular weight excluding hydrogens is 355 g/mol. The minimum absolute atomic E-state index is 0.0262. The second kappa shape index (κ2) is 6.63. The van der Waals surface area contributed by atoms with Gasteiger partial charge in [-0.25, -0.2) is 24.1 Å². The Labute approximate surface area is 146 Å². The highest BCUT2D eigenvalue weighted by molar-refractivity contribution is 6.30. The number of pyridine rings is 1. The van der Waals surface area contributed by atoms with Crippen molar-refractivity contribution in [1.29, 1.82) is 0 Å². The number of alkyl halides is 1. The Morgan fingerprint density at radius 2 is 2.12 bits per heavy atom. The number of aromatic nitrogens is 3. The summed E-state index contributed by atoms with van der Waals surface area (Å²) >= 11 is 5.92. The summed E-state index contributed by atoms with van der Waals surface area (Å²) in [5.74, 6) is -0.503. The van der Waals surface area contributed by atoms with Crippen LogP contribution in [0.25, 0.3) is 11.0 Å². The summed E-state index contributed by atoms with van der Waals surface area (Å²) in [4.78, 5) is 35.8. The predicted molar refractivity (Wildman–Crippen MR) is 87.4 cm³/mol. The van der Waals surface area contributed by atoms with Crippen LogP contribution in [-0.4, -0.2) is 62.3 Å². The number of carboxylic acid groups (broad SMARTS) is 1. The van der Waals surface area contributed by atoms with E-state index >= 15 is 0 Å². The van der Waals surface area contributed by atoms with Crippen molar-refractivity contribution in [1.82, 2.24) is 19.9 Å². The third-order valence-corrected chi connectivity index (χ3v) is 4.03. The minimum atomic E-state index is -1.30. The molecule has 132 valence electrons. The lowest BCUT2D eigenvalue weighted by Crippen LogP contribution is -2.49. The van der Waals surface area contributed by atoms with Gasteiger partial charge in [0, 0.05) is 19.0 Å². The van der Waals surface area contributed by atoms with Crippen molar-refractivity contribution < 1.29 is 19.1 Å². The summed E-state index contributed by atoms with van der Waals surface area (Å²) in [6, 6.07) is 0.781. The van der Waals surface area contributed by atoms with Gasteiger partial charge < -0.3 is 21.1 Å². The van der Waals surface area contributed by atoms with Gasteiger partial charge in [-0.1, -0.05) is 11.6 Å². The quantitative estimate of drug-likeness (QED) is 0.694. The van der Waals surface area contributed by atoms with Gasteiger partial charge in [-0.2, -0.15) is 0 Å². The molecule has 1 saturated heterocycles. The minimum Gasteiger partial charge on any atom is -0.465 e. The summed E-state index contributed by atoms with van der Waals surface area (Å²) in [5.41, 5.74) is 5.81. The molecular formula is C14H14ClFN6O3. The number of nitrogens with two attached hydrogens (primary N) is 1. The molecule has 0 radical (unpaired) electrons. The summed E-state index contributed by atoms with van der Waals surface area (Å²) in [6.07, 6.45) is -1.18. The SMILES string of the molecule is NC(=O)c1cc(Cl)nc2c(N[C@H]3C[C@H](F)CN(C(=O)O)C3)ncnc12. The molecule has 1 aliphatic rings. The van der Waals surface area contributed by atoms with Gasteiger partial charge in [-0.05, 0) is 6.07 Å². The maximum Gasteiger partial charge on any atom is 0.407 e. The van der Waals surface area contributed by atoms with Crippen LogP contribution < -0.4 is 11.1 Å². The monoisotopic (exact) mass is 368 g/mol. The molecule has 1 fully saturated rings. The summed E-state index contributed by atoms with van der Waals surface area (Å²) < 4.78 is 13.8. The smallest absolute Gasteiger partial charge is 0.407 e. The first-order chi connectivity index (χ1) is 11.8. The van der Waals surface area contributed by atoms with Gasteiger partial charge in [0.2, 0.25) is 0 Å². The van der Waals surface area contributed by atoms with E-state index in [4.69, 9.17) is 22.4 Å². The van der Waals surface area contributed by atoms with Crippen LogP contribution in [0.15, 0.2) is 12.4 Å². The highest BCUT2D eigenvalue weighted by atomic mass is 35.5. The molecule has 0 saturated carbocycles. The van der Waals surface area contributed by atoms with E-state index in [2.05, 4.69) is 20.3 Å². The molecule has 4 N–H and O–H groups in total. The molecule has 0 unspecified atom stereocenters. The van der Waals surface area contributed by atoms with E-state index in [1.165, 1.54) is 12.4 Å². The van der Waals surface area contributed by atoms with Crippen LogP contribution in [-0.2, 0) is 0 Å². The molecule has 0 bridgehead atoms. The Balaban J connectivity index is 1.96. The Morgan fingerprint density at radius 1 is 1.36 bits per heavy atom. The number of hydrogen-bond acceptors (Lipinski definition) is 6. The molecule has 0 spiro atoms. The molecule has 0 aliphatic carbocycles. The van der Waals surface area contributed by atoms with Gasteiger partial charge in [-0.15, -0.1) is 0 Å². The molecule has 25 heavy (non-hydrogen) atoms. The third kappa shape index (κ3) is 3.53. The first kappa shape index (κ1) is 17.1. The lowest BCUT2D eigenvalue weighted by molar-refractivity contribution is 0.1000. The second-order valence-electron chi connectivity index (χ2n) is 5.64. The zero-order valence-electron chi connectivity index (χ0n) is 12.8. The van der Waals surface area contributed by atoms with E-state index in [9.17, 15) is 14.0 Å². The van der Waals surface area contributed by atoms with Crippen molar-refractivity contribution in [2.75, 3.05) is 18.4 Å². The van der Waals surface area contributed by atoms with Gasteiger partial charge >= 0.3 is 6.09 Å². The van der Waals surface area contributed by atoms with E-state index < -0.39 is 24.2 Å². The van der Waals surface area contributed by atoms with Gasteiger partial charge in [0.1, 0.15) is 28.7 Å². The predicted octanol–water partition coefficient (Wildman–Crippen LogP) is 1.28. The number of rotatable bonds is 3. The van der Waals surface area contributed by atoms with E-state index in [0.717, 1.165) is 4.90 Å². The first-order valence-electron chi connectivity index (χ1n) is 7.34. The molecule has 3 heterocycles. The molecule has 0 aromatic carbocycles. The van der Waals surface area contributed by atoms with E-state index in [-0.39, 0.29) is 47.1 Å². The highest BCUT2D eigenvalue weighted by Crippen LogP contribution is 2.25. The number of carbonyl (C=O) groups excluding carboxylic acids is 1. The zero-order chi connectivity index (χ0) is 18.1. The maximum atomic E-state index is 13.8. The van der Waals surface area contributed by atoms with Crippen LogP contribution >= 0.6 is 11.6 Å². The standard InChI is InChI=1S/C14H14ClFN6O3/c15-9-2-8(12(17)23)10-11(21-9)13(19-5-18-10)20-7-1-6(16)3-22(4-7)14(24)25/h2,5-7H,1,3-4H2,(H2,17,23)(H,24,25)(H,18,19,20)/t6-,7-/m0/s1. The number of likely N-dealkylation sites (tertiary alicyclic amines) is 1. The van der Waals surface area contributed by atoms with Crippen LogP contribution in [0.3, 0.4) is 0 Å². The van der Waals surface area contributed by atoms with Crippen molar-refractivity contribution in [3.8, 4) is 0 Å². The maximum absolute atomic E-state index is 13.8. The molecule has 9 nitrogen and oxygen atoms in total. The van der Waals surface area contributed by atoms with Crippen molar-refractivity contribution >= 4 is 40.5 Å². The lowest BCUT2D eigenvalue weighted by Gasteiger charge is -2.33. The third-order valence-electron chi connectivity index (χ3n) is 3.84. The molecule has 2 amide bonds. The summed E-state index contributed by atoms with van der Waals surface area (Å²) in [6.45, 7) is -0.0849.